The number of hydrogen-bond acceptors (Lipinski definition) is 3. The molecule has 0 fully saturated rings. The molecule has 4 aromatic rings. The van der Waals surface area contributed by atoms with Crippen LogP contribution in [0.25, 0.3) is 16.7 Å². The van der Waals surface area contributed by atoms with E-state index in [1.807, 2.05) is 56.5 Å². The van der Waals surface area contributed by atoms with Crippen LogP contribution in [0.15, 0.2) is 48.5 Å². The largest absolute Gasteiger partial charge is 0.350 e. The van der Waals surface area contributed by atoms with Gasteiger partial charge in [-0.05, 0) is 64.1 Å². The monoisotopic (exact) mass is 405 g/mol. The summed E-state index contributed by atoms with van der Waals surface area (Å²) in [6, 6.07) is 13.6. The Balaban J connectivity index is 1.54. The van der Waals surface area contributed by atoms with Crippen molar-refractivity contribution >= 4 is 16.9 Å². The lowest BCUT2D eigenvalue weighted by Gasteiger charge is -2.16. The van der Waals surface area contributed by atoms with Crippen LogP contribution in [-0.4, -0.2) is 25.2 Å². The number of para-hydroxylation sites is 2. The zero-order valence-corrected chi connectivity index (χ0v) is 17.5. The van der Waals surface area contributed by atoms with Crippen molar-refractivity contribution in [1.82, 2.24) is 24.6 Å². The van der Waals surface area contributed by atoms with Gasteiger partial charge in [-0.15, -0.1) is 0 Å². The van der Waals surface area contributed by atoms with Crippen molar-refractivity contribution in [1.29, 1.82) is 0 Å². The molecule has 0 aliphatic carbocycles. The van der Waals surface area contributed by atoms with Crippen molar-refractivity contribution in [3.05, 3.63) is 77.1 Å². The van der Waals surface area contributed by atoms with E-state index in [4.69, 9.17) is 0 Å². The van der Waals surface area contributed by atoms with Gasteiger partial charge >= 0.3 is 0 Å². The zero-order chi connectivity index (χ0) is 21.4. The fourth-order valence-electron chi connectivity index (χ4n) is 3.86. The first kappa shape index (κ1) is 19.8. The van der Waals surface area contributed by atoms with E-state index in [0.29, 0.717) is 6.54 Å². The summed E-state index contributed by atoms with van der Waals surface area (Å²) in [6.07, 6.45) is 0. The first-order valence-corrected chi connectivity index (χ1v) is 9.89. The second kappa shape index (κ2) is 7.74. The normalized spacial score (nSPS) is 12.3. The Kier molecular flexibility index (Phi) is 5.11. The maximum Gasteiger partial charge on any atom is 0.243 e. The van der Waals surface area contributed by atoms with E-state index in [1.165, 1.54) is 12.1 Å². The molecular weight excluding hydrogens is 381 g/mol. The summed E-state index contributed by atoms with van der Waals surface area (Å²) in [5.74, 6) is 0.425. The van der Waals surface area contributed by atoms with Crippen molar-refractivity contribution in [2.45, 2.75) is 40.3 Å². The highest BCUT2D eigenvalue weighted by Crippen LogP contribution is 2.22. The maximum absolute atomic E-state index is 13.2. The summed E-state index contributed by atoms with van der Waals surface area (Å²) in [5, 5.41) is 7.60. The van der Waals surface area contributed by atoms with Crippen LogP contribution < -0.4 is 5.32 Å². The van der Waals surface area contributed by atoms with Crippen LogP contribution in [0.1, 0.15) is 35.7 Å². The Bertz CT molecular complexity index is 1220. The van der Waals surface area contributed by atoms with E-state index >= 15 is 0 Å². The SMILES string of the molecule is Cc1nn(-c2ccc(F)cc2)c(C)c1CNC(=O)[C@H](C)n1c(C)nc2ccccc21. The van der Waals surface area contributed by atoms with Gasteiger partial charge in [0, 0.05) is 17.8 Å². The highest BCUT2D eigenvalue weighted by Gasteiger charge is 2.21. The van der Waals surface area contributed by atoms with Crippen molar-refractivity contribution < 1.29 is 9.18 Å². The molecule has 30 heavy (non-hydrogen) atoms. The molecule has 2 aromatic heterocycles. The first-order chi connectivity index (χ1) is 14.4. The van der Waals surface area contributed by atoms with Crippen LogP contribution in [-0.2, 0) is 11.3 Å². The third kappa shape index (κ3) is 3.47. The minimum atomic E-state index is -0.398. The molecular formula is C23H24FN5O. The molecule has 0 spiro atoms. The Morgan fingerprint density at radius 2 is 1.80 bits per heavy atom. The average Bonchev–Trinajstić information content (AvgIpc) is 3.21. The van der Waals surface area contributed by atoms with Crippen molar-refractivity contribution in [2.75, 3.05) is 0 Å². The molecule has 154 valence electrons. The van der Waals surface area contributed by atoms with Gasteiger partial charge in [-0.1, -0.05) is 12.1 Å². The van der Waals surface area contributed by atoms with E-state index in [-0.39, 0.29) is 11.7 Å². The Hall–Kier alpha value is -3.48. The van der Waals surface area contributed by atoms with Crippen molar-refractivity contribution in [2.24, 2.45) is 0 Å². The fraction of sp³-hybridized carbons (Fsp3) is 0.261. The fourth-order valence-corrected chi connectivity index (χ4v) is 3.86. The summed E-state index contributed by atoms with van der Waals surface area (Å²) in [4.78, 5) is 17.5. The summed E-state index contributed by atoms with van der Waals surface area (Å²) in [7, 11) is 0. The molecule has 0 unspecified atom stereocenters. The van der Waals surface area contributed by atoms with E-state index < -0.39 is 6.04 Å². The number of nitrogens with zero attached hydrogens (tertiary/aromatic N) is 4. The van der Waals surface area contributed by atoms with Gasteiger partial charge < -0.3 is 9.88 Å². The number of aryl methyl sites for hydroxylation is 2. The highest BCUT2D eigenvalue weighted by atomic mass is 19.1. The second-order valence-electron chi connectivity index (χ2n) is 7.45. The quantitative estimate of drug-likeness (QED) is 0.542. The van der Waals surface area contributed by atoms with Crippen LogP contribution in [0, 0.1) is 26.6 Å². The molecule has 7 heteroatoms. The molecule has 1 N–H and O–H groups in total. The Morgan fingerprint density at radius 3 is 2.53 bits per heavy atom. The second-order valence-corrected chi connectivity index (χ2v) is 7.45. The molecule has 0 radical (unpaired) electrons. The van der Waals surface area contributed by atoms with Gasteiger partial charge in [-0.3, -0.25) is 4.79 Å². The number of benzene rings is 2. The standard InChI is InChI=1S/C23H24FN5O/c1-14-20(15(2)29(27-14)19-11-9-18(24)10-12-19)13-25-23(30)16(3)28-17(4)26-21-7-5-6-8-22(21)28/h5-12,16H,13H2,1-4H3,(H,25,30)/t16-/m0/s1. The van der Waals surface area contributed by atoms with Crippen LogP contribution in [0.5, 0.6) is 0 Å². The number of aromatic nitrogens is 4. The highest BCUT2D eigenvalue weighted by molar-refractivity contribution is 5.84. The number of fused-ring (bicyclic) bond motifs is 1. The molecule has 6 nitrogen and oxygen atoms in total. The topological polar surface area (TPSA) is 64.7 Å². The lowest BCUT2D eigenvalue weighted by molar-refractivity contribution is -0.124. The minimum absolute atomic E-state index is 0.0883. The smallest absolute Gasteiger partial charge is 0.243 e. The first-order valence-electron chi connectivity index (χ1n) is 9.89. The summed E-state index contributed by atoms with van der Waals surface area (Å²) >= 11 is 0. The Labute approximate surface area is 174 Å². The van der Waals surface area contributed by atoms with E-state index in [2.05, 4.69) is 15.4 Å². The van der Waals surface area contributed by atoms with E-state index in [9.17, 15) is 9.18 Å². The van der Waals surface area contributed by atoms with Crippen LogP contribution in [0.2, 0.25) is 0 Å². The molecule has 0 bridgehead atoms. The van der Waals surface area contributed by atoms with Crippen LogP contribution in [0.4, 0.5) is 4.39 Å². The lowest BCUT2D eigenvalue weighted by Crippen LogP contribution is -2.31. The number of imidazole rings is 1. The number of carbonyl (C=O) groups excluding carboxylic acids is 1. The number of halogens is 1. The van der Waals surface area contributed by atoms with Crippen LogP contribution >= 0.6 is 0 Å². The minimum Gasteiger partial charge on any atom is -0.350 e. The van der Waals surface area contributed by atoms with Gasteiger partial charge in [-0.2, -0.15) is 5.10 Å². The molecule has 4 rings (SSSR count). The predicted molar refractivity (Wildman–Crippen MR) is 114 cm³/mol. The third-order valence-corrected chi connectivity index (χ3v) is 5.49. The number of nitrogens with one attached hydrogen (secondary N) is 1. The molecule has 2 aromatic carbocycles. The number of amides is 1. The maximum atomic E-state index is 13.2. The van der Waals surface area contributed by atoms with Crippen LogP contribution in [0.3, 0.4) is 0 Å². The average molecular weight is 405 g/mol. The molecule has 0 aliphatic rings. The Morgan fingerprint density at radius 1 is 1.10 bits per heavy atom. The molecule has 0 saturated carbocycles. The summed E-state index contributed by atoms with van der Waals surface area (Å²) in [5.41, 5.74) is 5.29. The molecule has 2 heterocycles. The number of rotatable bonds is 5. The predicted octanol–water partition coefficient (Wildman–Crippen LogP) is 4.16. The van der Waals surface area contributed by atoms with E-state index in [0.717, 1.165) is 39.5 Å². The van der Waals surface area contributed by atoms with E-state index in [1.54, 1.807) is 16.8 Å². The van der Waals surface area contributed by atoms with Crippen molar-refractivity contribution in [3.63, 3.8) is 0 Å². The molecule has 0 aliphatic heterocycles. The van der Waals surface area contributed by atoms with Crippen molar-refractivity contribution in [3.8, 4) is 5.69 Å². The molecule has 1 amide bonds. The van der Waals surface area contributed by atoms with Gasteiger partial charge in [0.1, 0.15) is 17.7 Å². The van der Waals surface area contributed by atoms with Gasteiger partial charge in [0.15, 0.2) is 0 Å². The van der Waals surface area contributed by atoms with Gasteiger partial charge in [0.05, 0.1) is 22.4 Å². The van der Waals surface area contributed by atoms with Gasteiger partial charge in [0.2, 0.25) is 5.91 Å². The zero-order valence-electron chi connectivity index (χ0n) is 17.5. The summed E-state index contributed by atoms with van der Waals surface area (Å²) < 4.78 is 17.0. The third-order valence-electron chi connectivity index (χ3n) is 5.49. The number of carbonyl (C=O) groups is 1. The van der Waals surface area contributed by atoms with Gasteiger partial charge in [0.25, 0.3) is 0 Å². The molecule has 0 saturated heterocycles. The van der Waals surface area contributed by atoms with Gasteiger partial charge in [-0.25, -0.2) is 14.1 Å². The number of hydrogen-bond donors (Lipinski definition) is 1. The molecule has 1 atom stereocenters. The lowest BCUT2D eigenvalue weighted by atomic mass is 10.2. The summed E-state index contributed by atoms with van der Waals surface area (Å²) in [6.45, 7) is 8.00.